The largest absolute Gasteiger partial charge is 0.480 e. The zero-order valence-electron chi connectivity index (χ0n) is 25.4. The molecule has 3 N–H and O–H groups in total. The quantitative estimate of drug-likeness (QED) is 0.209. The molecule has 1 unspecified atom stereocenters. The van der Waals surface area contributed by atoms with Gasteiger partial charge in [-0.2, -0.15) is 0 Å². The number of aliphatic hydroxyl groups excluding tert-OH is 1. The number of carboxylic acid groups (broad SMARTS) is 1. The van der Waals surface area contributed by atoms with Gasteiger partial charge in [0.2, 0.25) is 0 Å². The van der Waals surface area contributed by atoms with Crippen molar-refractivity contribution in [1.29, 1.82) is 0 Å². The van der Waals surface area contributed by atoms with Crippen LogP contribution in [0.1, 0.15) is 75.6 Å². The van der Waals surface area contributed by atoms with Gasteiger partial charge in [-0.25, -0.2) is 9.59 Å². The highest BCUT2D eigenvalue weighted by atomic mass is 31.2. The standard InChI is InChI=1S/C33H40NO8P/c1-32(2,3)41-43(39,42-33(4,5)6)30(37)22-17-15-21(16-18-22)19-28(29(35)36)34-31(38)40-20-27-25-13-9-7-11-23(25)24-12-8-10-14-26(24)27/h7-18,27-28,30,37H,19-20H2,1-6H3,(H,34,38)(H,35,36)/t28-,30?/m0/s1. The number of hydrogen-bond acceptors (Lipinski definition) is 7. The maximum atomic E-state index is 13.7. The molecule has 10 heteroatoms. The van der Waals surface area contributed by atoms with E-state index >= 15 is 0 Å². The van der Waals surface area contributed by atoms with Gasteiger partial charge in [0.05, 0.1) is 11.2 Å². The van der Waals surface area contributed by atoms with E-state index in [2.05, 4.69) is 5.32 Å². The summed E-state index contributed by atoms with van der Waals surface area (Å²) in [4.78, 5) is 24.7. The number of amides is 1. The van der Waals surface area contributed by atoms with E-state index < -0.39 is 42.7 Å². The molecule has 1 aliphatic carbocycles. The molecule has 0 aliphatic heterocycles. The molecule has 0 aromatic heterocycles. The number of ether oxygens (including phenoxy) is 1. The lowest BCUT2D eigenvalue weighted by Gasteiger charge is -2.34. The van der Waals surface area contributed by atoms with Crippen LogP contribution in [0.5, 0.6) is 0 Å². The molecule has 3 aromatic rings. The number of carboxylic acids is 1. The fourth-order valence-electron chi connectivity index (χ4n) is 5.11. The Bertz CT molecular complexity index is 1440. The summed E-state index contributed by atoms with van der Waals surface area (Å²) < 4.78 is 30.7. The van der Waals surface area contributed by atoms with Gasteiger partial charge in [-0.3, -0.25) is 4.57 Å². The van der Waals surface area contributed by atoms with Crippen molar-refractivity contribution >= 4 is 19.7 Å². The molecule has 0 heterocycles. The molecule has 0 saturated heterocycles. The van der Waals surface area contributed by atoms with E-state index in [-0.39, 0.29) is 24.5 Å². The monoisotopic (exact) mass is 609 g/mol. The third-order valence-electron chi connectivity index (χ3n) is 6.75. The van der Waals surface area contributed by atoms with Gasteiger partial charge in [-0.1, -0.05) is 72.8 Å². The highest BCUT2D eigenvalue weighted by molar-refractivity contribution is 7.54. The van der Waals surface area contributed by atoms with Gasteiger partial charge < -0.3 is 29.3 Å². The van der Waals surface area contributed by atoms with Gasteiger partial charge in [0.25, 0.3) is 0 Å². The smallest absolute Gasteiger partial charge is 0.407 e. The third-order valence-corrected chi connectivity index (χ3v) is 9.25. The van der Waals surface area contributed by atoms with Crippen LogP contribution in [0.2, 0.25) is 0 Å². The van der Waals surface area contributed by atoms with Gasteiger partial charge in [0.1, 0.15) is 12.6 Å². The van der Waals surface area contributed by atoms with E-state index in [1.165, 1.54) is 12.1 Å². The van der Waals surface area contributed by atoms with E-state index in [4.69, 9.17) is 13.8 Å². The Morgan fingerprint density at radius 2 is 1.33 bits per heavy atom. The summed E-state index contributed by atoms with van der Waals surface area (Å²) in [7, 11) is -4.02. The van der Waals surface area contributed by atoms with Crippen molar-refractivity contribution < 1.29 is 38.2 Å². The highest BCUT2D eigenvalue weighted by Crippen LogP contribution is 2.63. The lowest BCUT2D eigenvalue weighted by molar-refractivity contribution is -0.139. The first-order chi connectivity index (χ1) is 20.1. The molecule has 9 nitrogen and oxygen atoms in total. The molecule has 4 rings (SSSR count). The first-order valence-corrected chi connectivity index (χ1v) is 15.8. The lowest BCUT2D eigenvalue weighted by Crippen LogP contribution is -2.42. The highest BCUT2D eigenvalue weighted by Gasteiger charge is 2.43. The molecule has 2 atom stereocenters. The van der Waals surface area contributed by atoms with Gasteiger partial charge in [-0.05, 0) is 74.9 Å². The van der Waals surface area contributed by atoms with E-state index in [0.717, 1.165) is 22.3 Å². The van der Waals surface area contributed by atoms with Gasteiger partial charge in [0.15, 0.2) is 5.85 Å². The molecule has 230 valence electrons. The van der Waals surface area contributed by atoms with Crippen LogP contribution in [0.4, 0.5) is 4.79 Å². The maximum absolute atomic E-state index is 13.7. The predicted octanol–water partition coefficient (Wildman–Crippen LogP) is 7.04. The Hall–Kier alpha value is -3.49. The van der Waals surface area contributed by atoms with Gasteiger partial charge >= 0.3 is 19.7 Å². The zero-order valence-corrected chi connectivity index (χ0v) is 26.3. The van der Waals surface area contributed by atoms with Crippen LogP contribution in [0.15, 0.2) is 72.8 Å². The number of fused-ring (bicyclic) bond motifs is 3. The number of nitrogens with one attached hydrogen (secondary N) is 1. The summed E-state index contributed by atoms with van der Waals surface area (Å²) in [5.74, 6) is -2.94. The van der Waals surface area contributed by atoms with Crippen LogP contribution in [0.25, 0.3) is 11.1 Å². The van der Waals surface area contributed by atoms with Crippen molar-refractivity contribution in [3.05, 3.63) is 95.1 Å². The second kappa shape index (κ2) is 12.6. The molecule has 3 aromatic carbocycles. The predicted molar refractivity (Wildman–Crippen MR) is 164 cm³/mol. The number of aliphatic hydroxyl groups is 1. The van der Waals surface area contributed by atoms with Crippen molar-refractivity contribution in [2.75, 3.05) is 6.61 Å². The second-order valence-electron chi connectivity index (χ2n) is 12.6. The van der Waals surface area contributed by atoms with Crippen molar-refractivity contribution in [1.82, 2.24) is 5.32 Å². The summed E-state index contributed by atoms with van der Waals surface area (Å²) in [6, 6.07) is 20.9. The summed E-state index contributed by atoms with van der Waals surface area (Å²) >= 11 is 0. The fraction of sp³-hybridized carbons (Fsp3) is 0.394. The Morgan fingerprint density at radius 1 is 0.837 bits per heavy atom. The minimum Gasteiger partial charge on any atom is -0.480 e. The third kappa shape index (κ3) is 8.12. The Morgan fingerprint density at radius 3 is 1.79 bits per heavy atom. The second-order valence-corrected chi connectivity index (χ2v) is 14.6. The van der Waals surface area contributed by atoms with Crippen molar-refractivity contribution in [2.45, 2.75) is 77.0 Å². The van der Waals surface area contributed by atoms with Crippen molar-refractivity contribution in [2.24, 2.45) is 0 Å². The molecular formula is C33H40NO8P. The van der Waals surface area contributed by atoms with E-state index in [0.29, 0.717) is 5.56 Å². The molecule has 43 heavy (non-hydrogen) atoms. The Labute approximate surface area is 252 Å². The molecule has 0 saturated carbocycles. The van der Waals surface area contributed by atoms with Crippen molar-refractivity contribution in [3.63, 3.8) is 0 Å². The number of alkyl carbamates (subject to hydrolysis) is 1. The zero-order chi connectivity index (χ0) is 31.6. The summed E-state index contributed by atoms with van der Waals surface area (Å²) in [5, 5.41) is 23.3. The summed E-state index contributed by atoms with van der Waals surface area (Å²) in [6.07, 6.45) is -0.870. The number of benzene rings is 3. The number of carbonyl (C=O) groups is 2. The minimum absolute atomic E-state index is 0.0372. The molecular weight excluding hydrogens is 569 g/mol. The molecule has 1 aliphatic rings. The van der Waals surface area contributed by atoms with Crippen LogP contribution in [-0.2, 0) is 29.6 Å². The topological polar surface area (TPSA) is 131 Å². The normalized spacial score (nSPS) is 14.9. The average Bonchev–Trinajstić information content (AvgIpc) is 3.23. The average molecular weight is 610 g/mol. The van der Waals surface area contributed by atoms with Crippen LogP contribution in [0, 0.1) is 0 Å². The van der Waals surface area contributed by atoms with Crippen LogP contribution >= 0.6 is 7.60 Å². The van der Waals surface area contributed by atoms with Crippen LogP contribution < -0.4 is 5.32 Å². The van der Waals surface area contributed by atoms with Crippen LogP contribution in [0.3, 0.4) is 0 Å². The fourth-order valence-corrected chi connectivity index (χ4v) is 7.41. The van der Waals surface area contributed by atoms with Gasteiger partial charge in [-0.15, -0.1) is 0 Å². The van der Waals surface area contributed by atoms with E-state index in [1.807, 2.05) is 48.5 Å². The minimum atomic E-state index is -4.02. The van der Waals surface area contributed by atoms with Crippen LogP contribution in [-0.4, -0.2) is 46.1 Å². The molecule has 1 amide bonds. The maximum Gasteiger partial charge on any atom is 0.407 e. The summed E-state index contributed by atoms with van der Waals surface area (Å²) in [6.45, 7) is 10.4. The first kappa shape index (κ1) is 32.4. The van der Waals surface area contributed by atoms with E-state index in [9.17, 15) is 24.4 Å². The number of carbonyl (C=O) groups excluding carboxylic acids is 1. The SMILES string of the molecule is CC(C)(C)OP(=O)(OC(C)(C)C)C(O)c1ccc(C[C@H](NC(=O)OCC2c3ccccc3-c3ccccc32)C(=O)O)cc1. The number of hydrogen-bond donors (Lipinski definition) is 3. The van der Waals surface area contributed by atoms with E-state index in [1.54, 1.807) is 53.7 Å². The molecule has 0 radical (unpaired) electrons. The molecule has 0 bridgehead atoms. The van der Waals surface area contributed by atoms with Crippen molar-refractivity contribution in [3.8, 4) is 11.1 Å². The molecule has 0 fully saturated rings. The Kier molecular flexibility index (Phi) is 9.52. The Balaban J connectivity index is 1.41. The number of rotatable bonds is 10. The first-order valence-electron chi connectivity index (χ1n) is 14.2. The molecule has 0 spiro atoms. The number of aliphatic carboxylic acids is 1. The van der Waals surface area contributed by atoms with Gasteiger partial charge in [0, 0.05) is 12.3 Å². The summed E-state index contributed by atoms with van der Waals surface area (Å²) in [5.41, 5.74) is 3.47. The lowest BCUT2D eigenvalue weighted by atomic mass is 9.98.